The second-order valence-electron chi connectivity index (χ2n) is 5.60. The number of hydrogen-bond acceptors (Lipinski definition) is 5. The Morgan fingerprint density at radius 3 is 2.57 bits per heavy atom. The molecule has 0 spiro atoms. The van der Waals surface area contributed by atoms with E-state index in [0.717, 1.165) is 5.56 Å². The van der Waals surface area contributed by atoms with Crippen molar-refractivity contribution in [3.63, 3.8) is 0 Å². The fourth-order valence-electron chi connectivity index (χ4n) is 3.12. The Kier molecular flexibility index (Phi) is 3.75. The summed E-state index contributed by atoms with van der Waals surface area (Å²) >= 11 is 0. The summed E-state index contributed by atoms with van der Waals surface area (Å²) in [4.78, 5) is 26.8. The van der Waals surface area contributed by atoms with Gasteiger partial charge in [0.2, 0.25) is 11.8 Å². The molecule has 0 radical (unpaired) electrons. The first-order chi connectivity index (χ1) is 10.1. The van der Waals surface area contributed by atoms with E-state index in [-0.39, 0.29) is 17.9 Å². The van der Waals surface area contributed by atoms with Gasteiger partial charge in [-0.25, -0.2) is 0 Å². The highest BCUT2D eigenvalue weighted by molar-refractivity contribution is 6.00. The van der Waals surface area contributed by atoms with E-state index in [1.165, 1.54) is 0 Å². The van der Waals surface area contributed by atoms with E-state index in [0.29, 0.717) is 19.4 Å². The quantitative estimate of drug-likeness (QED) is 0.753. The molecule has 2 aliphatic rings. The van der Waals surface area contributed by atoms with Crippen molar-refractivity contribution >= 4 is 11.8 Å². The molecule has 3 atom stereocenters. The van der Waals surface area contributed by atoms with E-state index in [4.69, 9.17) is 0 Å². The zero-order valence-corrected chi connectivity index (χ0v) is 11.9. The Morgan fingerprint density at radius 2 is 1.90 bits per heavy atom. The topological polar surface area (TPSA) is 72.9 Å². The fraction of sp³-hybridized carbons (Fsp3) is 0.467. The number of nitrogens with zero attached hydrogens (tertiary/aromatic N) is 2. The number of carbonyl (C=O) groups is 2. The number of nitrogens with one attached hydrogen (secondary N) is 1. The van der Waals surface area contributed by atoms with Crippen molar-refractivity contribution in [3.8, 4) is 0 Å². The van der Waals surface area contributed by atoms with Crippen molar-refractivity contribution in [2.24, 2.45) is 0 Å². The van der Waals surface area contributed by atoms with Crippen LogP contribution in [0.4, 0.5) is 0 Å². The molecule has 2 fully saturated rings. The van der Waals surface area contributed by atoms with Crippen molar-refractivity contribution in [1.29, 1.82) is 0 Å². The van der Waals surface area contributed by atoms with Crippen LogP contribution in [0.1, 0.15) is 24.4 Å². The third-order valence-electron chi connectivity index (χ3n) is 4.33. The SMILES string of the molecule is CN1C(c2ccccc2)CN(C2CCC(=O)NC2=O)C1O. The monoisotopic (exact) mass is 289 g/mol. The number of rotatable bonds is 2. The van der Waals surface area contributed by atoms with Crippen LogP contribution in [0.5, 0.6) is 0 Å². The molecule has 0 bridgehead atoms. The maximum Gasteiger partial charge on any atom is 0.244 e. The Bertz CT molecular complexity index is 548. The molecule has 112 valence electrons. The van der Waals surface area contributed by atoms with Gasteiger partial charge in [0.25, 0.3) is 0 Å². The third kappa shape index (κ3) is 2.57. The molecule has 2 N–H and O–H groups in total. The van der Waals surface area contributed by atoms with Gasteiger partial charge in [-0.3, -0.25) is 24.7 Å². The van der Waals surface area contributed by atoms with Gasteiger partial charge in [0.05, 0.1) is 12.1 Å². The molecular formula is C15H19N3O3. The van der Waals surface area contributed by atoms with E-state index in [9.17, 15) is 14.7 Å². The molecule has 2 heterocycles. The number of imide groups is 1. The van der Waals surface area contributed by atoms with E-state index >= 15 is 0 Å². The molecule has 0 aliphatic carbocycles. The summed E-state index contributed by atoms with van der Waals surface area (Å²) < 4.78 is 0. The Morgan fingerprint density at radius 1 is 1.19 bits per heavy atom. The van der Waals surface area contributed by atoms with Crippen LogP contribution < -0.4 is 5.32 Å². The highest BCUT2D eigenvalue weighted by atomic mass is 16.3. The average molecular weight is 289 g/mol. The van der Waals surface area contributed by atoms with E-state index in [2.05, 4.69) is 5.32 Å². The van der Waals surface area contributed by atoms with Crippen molar-refractivity contribution in [1.82, 2.24) is 15.1 Å². The molecule has 2 aliphatic heterocycles. The number of likely N-dealkylation sites (N-methyl/N-ethyl adjacent to an activating group) is 1. The highest BCUT2D eigenvalue weighted by Gasteiger charge is 2.43. The van der Waals surface area contributed by atoms with Crippen molar-refractivity contribution in [3.05, 3.63) is 35.9 Å². The van der Waals surface area contributed by atoms with E-state index in [1.807, 2.05) is 42.3 Å². The molecule has 1 aromatic rings. The molecule has 3 rings (SSSR count). The van der Waals surface area contributed by atoms with Crippen LogP contribution in [0, 0.1) is 0 Å². The van der Waals surface area contributed by atoms with E-state index < -0.39 is 12.4 Å². The van der Waals surface area contributed by atoms with Crippen molar-refractivity contribution in [2.45, 2.75) is 31.3 Å². The highest BCUT2D eigenvalue weighted by Crippen LogP contribution is 2.32. The van der Waals surface area contributed by atoms with Gasteiger partial charge in [0, 0.05) is 13.0 Å². The fourth-order valence-corrected chi connectivity index (χ4v) is 3.12. The van der Waals surface area contributed by atoms with Gasteiger partial charge in [-0.15, -0.1) is 0 Å². The van der Waals surface area contributed by atoms with Crippen LogP contribution in [-0.4, -0.2) is 52.7 Å². The van der Waals surface area contributed by atoms with Gasteiger partial charge in [-0.05, 0) is 19.0 Å². The van der Waals surface area contributed by atoms with Gasteiger partial charge in [-0.1, -0.05) is 30.3 Å². The van der Waals surface area contributed by atoms with Crippen LogP contribution in [0.25, 0.3) is 0 Å². The minimum Gasteiger partial charge on any atom is -0.365 e. The lowest BCUT2D eigenvalue weighted by Crippen LogP contribution is -2.55. The number of hydrogen-bond donors (Lipinski definition) is 2. The van der Waals surface area contributed by atoms with Gasteiger partial charge < -0.3 is 5.11 Å². The van der Waals surface area contributed by atoms with Crippen LogP contribution in [0.3, 0.4) is 0 Å². The Labute approximate surface area is 123 Å². The summed E-state index contributed by atoms with van der Waals surface area (Å²) in [5, 5.41) is 12.8. The zero-order valence-electron chi connectivity index (χ0n) is 11.9. The number of benzene rings is 1. The van der Waals surface area contributed by atoms with Gasteiger partial charge in [0.1, 0.15) is 0 Å². The minimum atomic E-state index is -0.820. The standard InChI is InChI=1S/C15H19N3O3/c1-17-12(10-5-3-2-4-6-10)9-18(15(17)21)11-7-8-13(19)16-14(11)20/h2-6,11-12,15,21H,7-9H2,1H3,(H,16,19,20). The average Bonchev–Trinajstić information content (AvgIpc) is 2.77. The summed E-state index contributed by atoms with van der Waals surface area (Å²) in [7, 11) is 1.84. The second kappa shape index (κ2) is 5.55. The van der Waals surface area contributed by atoms with Crippen LogP contribution in [0.15, 0.2) is 30.3 Å². The lowest BCUT2D eigenvalue weighted by atomic mass is 10.0. The first kappa shape index (κ1) is 14.2. The number of carbonyl (C=O) groups excluding carboxylic acids is 2. The Balaban J connectivity index is 1.79. The maximum atomic E-state index is 12.0. The number of amides is 2. The summed E-state index contributed by atoms with van der Waals surface area (Å²) in [6.07, 6.45) is -0.0460. The summed E-state index contributed by atoms with van der Waals surface area (Å²) in [5.41, 5.74) is 1.11. The van der Waals surface area contributed by atoms with Gasteiger partial charge in [0.15, 0.2) is 6.35 Å². The molecule has 21 heavy (non-hydrogen) atoms. The molecular weight excluding hydrogens is 270 g/mol. The molecule has 3 unspecified atom stereocenters. The molecule has 2 amide bonds. The third-order valence-corrected chi connectivity index (χ3v) is 4.33. The summed E-state index contributed by atoms with van der Waals surface area (Å²) in [6.45, 7) is 0.563. The molecule has 0 aromatic heterocycles. The predicted molar refractivity (Wildman–Crippen MR) is 75.8 cm³/mol. The Hall–Kier alpha value is -1.76. The molecule has 6 heteroatoms. The first-order valence-electron chi connectivity index (χ1n) is 7.12. The summed E-state index contributed by atoms with van der Waals surface area (Å²) in [6, 6.07) is 9.49. The number of aliphatic hydroxyl groups excluding tert-OH is 1. The smallest absolute Gasteiger partial charge is 0.244 e. The van der Waals surface area contributed by atoms with Crippen molar-refractivity contribution in [2.75, 3.05) is 13.6 Å². The zero-order chi connectivity index (χ0) is 15.0. The summed E-state index contributed by atoms with van der Waals surface area (Å²) in [5.74, 6) is -0.551. The van der Waals surface area contributed by atoms with Gasteiger partial charge >= 0.3 is 0 Å². The number of aliphatic hydroxyl groups is 1. The lowest BCUT2D eigenvalue weighted by Gasteiger charge is -2.32. The van der Waals surface area contributed by atoms with Gasteiger partial charge in [-0.2, -0.15) is 0 Å². The first-order valence-corrected chi connectivity index (χ1v) is 7.12. The molecule has 1 aromatic carbocycles. The van der Waals surface area contributed by atoms with Crippen LogP contribution in [-0.2, 0) is 9.59 Å². The minimum absolute atomic E-state index is 0.0339. The normalized spacial score (nSPS) is 31.4. The number of piperidine rings is 1. The molecule has 2 saturated heterocycles. The second-order valence-corrected chi connectivity index (χ2v) is 5.60. The molecule has 0 saturated carbocycles. The lowest BCUT2D eigenvalue weighted by molar-refractivity contribution is -0.143. The van der Waals surface area contributed by atoms with Crippen LogP contribution >= 0.6 is 0 Å². The van der Waals surface area contributed by atoms with Crippen LogP contribution in [0.2, 0.25) is 0 Å². The van der Waals surface area contributed by atoms with Crippen molar-refractivity contribution < 1.29 is 14.7 Å². The molecule has 6 nitrogen and oxygen atoms in total. The predicted octanol–water partition coefficient (Wildman–Crippen LogP) is 0.0562. The largest absolute Gasteiger partial charge is 0.365 e. The maximum absolute atomic E-state index is 12.0. The van der Waals surface area contributed by atoms with E-state index in [1.54, 1.807) is 4.90 Å².